The van der Waals surface area contributed by atoms with Crippen LogP contribution in [0.25, 0.3) is 5.57 Å². The Balaban J connectivity index is 1.35. The Hall–Kier alpha value is -2.61. The Labute approximate surface area is 216 Å². The van der Waals surface area contributed by atoms with Crippen molar-refractivity contribution in [3.05, 3.63) is 35.6 Å². The lowest BCUT2D eigenvalue weighted by molar-refractivity contribution is 0.0631. The van der Waals surface area contributed by atoms with E-state index in [-0.39, 0.29) is 0 Å². The smallest absolute Gasteiger partial charge is 0.227 e. The first-order chi connectivity index (χ1) is 17.1. The maximum atomic E-state index is 12.7. The maximum Gasteiger partial charge on any atom is 0.227 e. The van der Waals surface area contributed by atoms with Crippen molar-refractivity contribution in [2.45, 2.75) is 75.2 Å². The Morgan fingerprint density at radius 1 is 1.19 bits per heavy atom. The molecule has 36 heavy (non-hydrogen) atoms. The molecule has 1 fully saturated rings. The topological polar surface area (TPSA) is 104 Å². The zero-order valence-electron chi connectivity index (χ0n) is 21.5. The molecule has 0 spiro atoms. The van der Waals surface area contributed by atoms with Gasteiger partial charge in [0.15, 0.2) is 5.82 Å². The van der Waals surface area contributed by atoms with Gasteiger partial charge in [0, 0.05) is 37.7 Å². The minimum atomic E-state index is -1.44. The molecular formula is C26H34N6O2SSi. The molecule has 8 nitrogen and oxygen atoms in total. The third-order valence-electron chi connectivity index (χ3n) is 7.10. The van der Waals surface area contributed by atoms with Crippen molar-refractivity contribution >= 4 is 36.2 Å². The lowest BCUT2D eigenvalue weighted by Crippen LogP contribution is -2.53. The van der Waals surface area contributed by atoms with Crippen molar-refractivity contribution < 1.29 is 9.32 Å². The number of aromatic nitrogens is 4. The number of aliphatic hydroxyl groups excluding tert-OH is 1. The summed E-state index contributed by atoms with van der Waals surface area (Å²) in [6, 6.07) is 0. The van der Waals surface area contributed by atoms with Crippen LogP contribution in [-0.2, 0) is 17.2 Å². The summed E-state index contributed by atoms with van der Waals surface area (Å²) in [6.07, 6.45) is 9.53. The SMILES string of the molecule is CC(O)C1(Nc2nc(N3CC=C(c4ncc(C#C[Si](C)(C)C)cn4)CC3)nc3c2S(=O)CC3)CCC1. The van der Waals surface area contributed by atoms with Gasteiger partial charge in [0.05, 0.1) is 33.7 Å². The monoisotopic (exact) mass is 522 g/mol. The molecule has 2 aromatic heterocycles. The van der Waals surface area contributed by atoms with Gasteiger partial charge in [0.1, 0.15) is 18.8 Å². The van der Waals surface area contributed by atoms with E-state index in [1.165, 1.54) is 0 Å². The Morgan fingerprint density at radius 2 is 1.94 bits per heavy atom. The second-order valence-corrected chi connectivity index (χ2v) is 17.2. The quantitative estimate of drug-likeness (QED) is 0.456. The molecule has 2 unspecified atom stereocenters. The van der Waals surface area contributed by atoms with Crippen molar-refractivity contribution in [3.63, 3.8) is 0 Å². The minimum absolute atomic E-state index is 0.399. The number of aliphatic hydroxyl groups is 1. The first-order valence-electron chi connectivity index (χ1n) is 12.7. The standard InChI is InChI=1S/C26H34N6O2SSi/c1-18(33)26(10-5-11-26)31-24-22-21(8-14-35(22)34)29-25(30-24)32-12-6-20(7-13-32)23-27-16-19(17-28-23)9-15-36(2,3)4/h6,16-18,33H,5,7-8,10-14H2,1-4H3,(H,29,30,31). The maximum absolute atomic E-state index is 12.7. The third kappa shape index (κ3) is 5.10. The van der Waals surface area contributed by atoms with E-state index in [4.69, 9.17) is 9.97 Å². The normalized spacial score (nSPS) is 21.5. The number of nitrogens with zero attached hydrogens (tertiary/aromatic N) is 5. The summed E-state index contributed by atoms with van der Waals surface area (Å²) < 4.78 is 12.7. The molecule has 2 aromatic rings. The summed E-state index contributed by atoms with van der Waals surface area (Å²) in [5.74, 6) is 5.78. The van der Waals surface area contributed by atoms with Crippen LogP contribution < -0.4 is 10.2 Å². The average Bonchev–Trinajstić information content (AvgIpc) is 3.20. The zero-order chi connectivity index (χ0) is 25.5. The average molecular weight is 523 g/mol. The molecule has 2 atom stereocenters. The van der Waals surface area contributed by atoms with Crippen LogP contribution in [-0.4, -0.2) is 67.8 Å². The first-order valence-corrected chi connectivity index (χ1v) is 17.5. The highest BCUT2D eigenvalue weighted by Gasteiger charge is 2.43. The highest BCUT2D eigenvalue weighted by Crippen LogP contribution is 2.40. The van der Waals surface area contributed by atoms with Gasteiger partial charge < -0.3 is 15.3 Å². The van der Waals surface area contributed by atoms with E-state index in [9.17, 15) is 9.32 Å². The Morgan fingerprint density at radius 3 is 2.53 bits per heavy atom. The van der Waals surface area contributed by atoms with Gasteiger partial charge in [-0.05, 0) is 38.2 Å². The second-order valence-electron chi connectivity index (χ2n) is 11.0. The van der Waals surface area contributed by atoms with E-state index in [2.05, 4.69) is 57.4 Å². The molecule has 2 aliphatic heterocycles. The number of rotatable bonds is 5. The molecule has 4 heterocycles. The highest BCUT2D eigenvalue weighted by atomic mass is 32.2. The number of nitrogens with one attached hydrogen (secondary N) is 1. The van der Waals surface area contributed by atoms with Gasteiger partial charge in [-0.3, -0.25) is 4.21 Å². The number of hydrogen-bond donors (Lipinski definition) is 2. The molecule has 5 rings (SSSR count). The lowest BCUT2D eigenvalue weighted by atomic mass is 9.73. The molecule has 3 aliphatic rings. The zero-order valence-corrected chi connectivity index (χ0v) is 23.3. The molecule has 0 aromatic carbocycles. The third-order valence-corrected chi connectivity index (χ3v) is 9.44. The van der Waals surface area contributed by atoms with Gasteiger partial charge in [0.2, 0.25) is 5.95 Å². The number of anilines is 2. The molecule has 0 saturated heterocycles. The summed E-state index contributed by atoms with van der Waals surface area (Å²) in [5.41, 5.74) is 5.77. The summed E-state index contributed by atoms with van der Waals surface area (Å²) in [6.45, 7) is 9.87. The molecule has 10 heteroatoms. The van der Waals surface area contributed by atoms with Gasteiger partial charge in [-0.1, -0.05) is 31.6 Å². The molecule has 1 saturated carbocycles. The Bertz CT molecular complexity index is 1270. The predicted molar refractivity (Wildman–Crippen MR) is 146 cm³/mol. The van der Waals surface area contributed by atoms with E-state index in [0.29, 0.717) is 35.4 Å². The van der Waals surface area contributed by atoms with E-state index in [0.717, 1.165) is 54.9 Å². The molecule has 0 radical (unpaired) electrons. The fourth-order valence-electron chi connectivity index (χ4n) is 4.72. The fourth-order valence-corrected chi connectivity index (χ4v) is 6.55. The van der Waals surface area contributed by atoms with Gasteiger partial charge in [-0.2, -0.15) is 4.98 Å². The summed E-state index contributed by atoms with van der Waals surface area (Å²) in [4.78, 5) is 21.6. The van der Waals surface area contributed by atoms with Crippen LogP contribution in [0.15, 0.2) is 23.4 Å². The molecule has 190 valence electrons. The number of aryl methyl sites for hydroxylation is 1. The number of fused-ring (bicyclic) bond motifs is 1. The van der Waals surface area contributed by atoms with E-state index in [1.807, 2.05) is 19.3 Å². The van der Waals surface area contributed by atoms with Crippen molar-refractivity contribution in [1.82, 2.24) is 19.9 Å². The van der Waals surface area contributed by atoms with Crippen LogP contribution >= 0.6 is 0 Å². The molecule has 0 bridgehead atoms. The Kier molecular flexibility index (Phi) is 6.74. The van der Waals surface area contributed by atoms with Crippen molar-refractivity contribution in [2.24, 2.45) is 0 Å². The minimum Gasteiger partial charge on any atom is -0.391 e. The van der Waals surface area contributed by atoms with Crippen LogP contribution in [0.4, 0.5) is 11.8 Å². The van der Waals surface area contributed by atoms with E-state index in [1.54, 1.807) is 0 Å². The number of hydrogen-bond acceptors (Lipinski definition) is 8. The van der Waals surface area contributed by atoms with Crippen LogP contribution in [0.3, 0.4) is 0 Å². The van der Waals surface area contributed by atoms with Crippen molar-refractivity contribution in [2.75, 3.05) is 29.1 Å². The largest absolute Gasteiger partial charge is 0.391 e. The van der Waals surface area contributed by atoms with Crippen LogP contribution in [0.1, 0.15) is 49.7 Å². The van der Waals surface area contributed by atoms with Gasteiger partial charge in [-0.15, -0.1) is 5.54 Å². The predicted octanol–water partition coefficient (Wildman–Crippen LogP) is 3.17. The summed E-state index contributed by atoms with van der Waals surface area (Å²) in [5, 5.41) is 13.9. The van der Waals surface area contributed by atoms with Crippen molar-refractivity contribution in [3.8, 4) is 11.5 Å². The van der Waals surface area contributed by atoms with Crippen LogP contribution in [0.5, 0.6) is 0 Å². The molecule has 1 aliphatic carbocycles. The molecule has 2 N–H and O–H groups in total. The molecule has 0 amide bonds. The van der Waals surface area contributed by atoms with Gasteiger partial charge in [-0.25, -0.2) is 15.0 Å². The second kappa shape index (κ2) is 9.69. The lowest BCUT2D eigenvalue weighted by Gasteiger charge is -2.45. The van der Waals surface area contributed by atoms with Gasteiger partial charge in [0.25, 0.3) is 0 Å². The van der Waals surface area contributed by atoms with Gasteiger partial charge >= 0.3 is 0 Å². The highest BCUT2D eigenvalue weighted by molar-refractivity contribution is 7.85. The van der Waals surface area contributed by atoms with E-state index < -0.39 is 30.5 Å². The van der Waals surface area contributed by atoms with Crippen LogP contribution in [0.2, 0.25) is 19.6 Å². The summed E-state index contributed by atoms with van der Waals surface area (Å²) in [7, 11) is -2.55. The fraction of sp³-hybridized carbons (Fsp3) is 0.538. The van der Waals surface area contributed by atoms with Crippen LogP contribution in [0, 0.1) is 11.5 Å². The van der Waals surface area contributed by atoms with Crippen molar-refractivity contribution in [1.29, 1.82) is 0 Å². The van der Waals surface area contributed by atoms with E-state index >= 15 is 0 Å². The summed E-state index contributed by atoms with van der Waals surface area (Å²) >= 11 is 0. The first kappa shape index (κ1) is 25.1. The molecular weight excluding hydrogens is 488 g/mol.